The molecule has 3 aliphatic carbocycles. The van der Waals surface area contributed by atoms with Crippen LogP contribution in [0.4, 0.5) is 0 Å². The Balaban J connectivity index is 1.25. The van der Waals surface area contributed by atoms with Crippen molar-refractivity contribution in [2.75, 3.05) is 25.3 Å². The van der Waals surface area contributed by atoms with Crippen molar-refractivity contribution < 1.29 is 34.3 Å². The number of carbonyl (C=O) groups is 1. The van der Waals surface area contributed by atoms with Gasteiger partial charge in [0, 0.05) is 65.7 Å². The number of ketones is 1. The minimum Gasteiger partial charge on any atom is -0.504 e. The third kappa shape index (κ3) is 9.98. The summed E-state index contributed by atoms with van der Waals surface area (Å²) < 4.78 is 19.2. The number of aliphatic hydroxyl groups excluding tert-OH is 2. The van der Waals surface area contributed by atoms with Gasteiger partial charge in [0.15, 0.2) is 29.0 Å². The molecule has 2 fully saturated rings. The fraction of sp³-hybridized carbons (Fsp3) is 0.633. The molecule has 0 saturated heterocycles. The number of ether oxygens (including phenoxy) is 3. The van der Waals surface area contributed by atoms with Crippen LogP contribution in [0.3, 0.4) is 0 Å². The van der Waals surface area contributed by atoms with Gasteiger partial charge in [0.1, 0.15) is 12.5 Å². The molecule has 2 saturated carbocycles. The maximum atomic E-state index is 13.2. The fourth-order valence-electron chi connectivity index (χ4n) is 10.9. The number of hydrogen-bond donors (Lipinski definition) is 6. The molecule has 0 unspecified atom stereocenters. The molecule has 13 heteroatoms. The number of aliphatic imine (C=N–C) groups is 1. The normalized spacial score (nSPS) is 30.2. The summed E-state index contributed by atoms with van der Waals surface area (Å²) in [6.07, 6.45) is 10.3. The highest BCUT2D eigenvalue weighted by Crippen LogP contribution is 2.53. The van der Waals surface area contributed by atoms with E-state index < -0.39 is 18.4 Å². The van der Waals surface area contributed by atoms with Gasteiger partial charge in [-0.05, 0) is 86.3 Å². The minimum atomic E-state index is -1.18. The Bertz CT molecular complexity index is 2130. The number of Topliss-reactive ketones (excluding diaryl/α,β-unsaturated/α-hetero) is 1. The van der Waals surface area contributed by atoms with Crippen LogP contribution in [0, 0.1) is 46.9 Å². The Morgan fingerprint density at radius 1 is 0.968 bits per heavy atom. The molecule has 6 bridgehead atoms. The molecule has 2 aromatic rings. The van der Waals surface area contributed by atoms with Gasteiger partial charge in [-0.1, -0.05) is 90.5 Å². The molecular formula is C49H64N4O7S2. The molecule has 7 atom stereocenters. The SMILES string of the molecule is COc1c(O)ccc2c1C#CCc1cc(c3c4c1OCN[C@]1(CC#C[C@H]5NC(N)=N[C@H](C(C)C)CSSC[C@@H]5[C@@H](C3)[C@@H](O)O4)CCCC3(CCCC3)C1)CC[C@@H](O)CC(=O)CC2. The first kappa shape index (κ1) is 44.9. The van der Waals surface area contributed by atoms with Gasteiger partial charge in [-0.2, -0.15) is 0 Å². The zero-order valence-corrected chi connectivity index (χ0v) is 38.2. The number of benzene rings is 2. The Morgan fingerprint density at radius 3 is 2.58 bits per heavy atom. The van der Waals surface area contributed by atoms with Crippen LogP contribution in [0.15, 0.2) is 23.2 Å². The van der Waals surface area contributed by atoms with Crippen molar-refractivity contribution in [1.29, 1.82) is 0 Å². The monoisotopic (exact) mass is 884 g/mol. The second-order valence-electron chi connectivity index (χ2n) is 18.9. The number of aryl methyl sites for hydroxylation is 2. The highest BCUT2D eigenvalue weighted by molar-refractivity contribution is 8.76. The lowest BCUT2D eigenvalue weighted by atomic mass is 9.64. The second-order valence-corrected chi connectivity index (χ2v) is 21.5. The largest absolute Gasteiger partial charge is 0.504 e. The number of fused-ring (bicyclic) bond motifs is 7. The molecule has 7 aliphatic rings. The number of carbonyl (C=O) groups excluding carboxylic acids is 1. The molecule has 9 rings (SSSR count). The Morgan fingerprint density at radius 2 is 1.77 bits per heavy atom. The molecule has 2 spiro atoms. The lowest BCUT2D eigenvalue weighted by Gasteiger charge is -2.47. The molecule has 0 aromatic heterocycles. The number of rotatable bonds is 2. The number of nitrogens with two attached hydrogens (primary N) is 1. The van der Waals surface area contributed by atoms with E-state index in [0.717, 1.165) is 47.3 Å². The van der Waals surface area contributed by atoms with Crippen LogP contribution in [0.1, 0.15) is 119 Å². The minimum absolute atomic E-state index is 0.0304. The molecule has 62 heavy (non-hydrogen) atoms. The van der Waals surface area contributed by atoms with Crippen molar-refractivity contribution in [1.82, 2.24) is 10.6 Å². The van der Waals surface area contributed by atoms with E-state index >= 15 is 0 Å². The van der Waals surface area contributed by atoms with E-state index in [0.29, 0.717) is 72.2 Å². The van der Waals surface area contributed by atoms with Crippen molar-refractivity contribution in [2.45, 2.75) is 147 Å². The van der Waals surface area contributed by atoms with Gasteiger partial charge in [-0.15, -0.1) is 0 Å². The molecular weight excluding hydrogens is 821 g/mol. The Kier molecular flexibility index (Phi) is 14.2. The number of phenolic OH excluding ortho intramolecular Hbond substituents is 1. The van der Waals surface area contributed by atoms with Crippen LogP contribution in [0.2, 0.25) is 0 Å². The van der Waals surface area contributed by atoms with Crippen molar-refractivity contribution in [3.63, 3.8) is 0 Å². The molecule has 2 aromatic carbocycles. The molecule has 7 N–H and O–H groups in total. The van der Waals surface area contributed by atoms with Crippen LogP contribution in [0.5, 0.6) is 23.0 Å². The fourth-order valence-corrected chi connectivity index (χ4v) is 13.8. The number of nitrogens with one attached hydrogen (secondary N) is 2. The molecule has 4 aliphatic heterocycles. The lowest BCUT2D eigenvalue weighted by molar-refractivity contribution is -0.121. The number of guanidine groups is 1. The summed E-state index contributed by atoms with van der Waals surface area (Å²) in [6, 6.07) is 5.12. The molecule has 0 radical (unpaired) electrons. The van der Waals surface area contributed by atoms with Crippen LogP contribution >= 0.6 is 21.6 Å². The van der Waals surface area contributed by atoms with E-state index in [1.807, 2.05) is 0 Å². The van der Waals surface area contributed by atoms with E-state index in [2.05, 4.69) is 54.2 Å². The summed E-state index contributed by atoms with van der Waals surface area (Å²) in [5, 5.41) is 41.7. The molecule has 4 heterocycles. The van der Waals surface area contributed by atoms with Gasteiger partial charge < -0.3 is 40.6 Å². The van der Waals surface area contributed by atoms with Crippen molar-refractivity contribution >= 4 is 33.3 Å². The summed E-state index contributed by atoms with van der Waals surface area (Å²) in [5.41, 5.74) is 10.8. The first-order chi connectivity index (χ1) is 29.9. The van der Waals surface area contributed by atoms with Crippen LogP contribution in [-0.4, -0.2) is 82.4 Å². The average Bonchev–Trinajstić information content (AvgIpc) is 3.68. The number of nitrogens with zero attached hydrogens (tertiary/aromatic N) is 1. The van der Waals surface area contributed by atoms with Gasteiger partial charge >= 0.3 is 0 Å². The van der Waals surface area contributed by atoms with E-state index in [4.69, 9.17) is 24.9 Å². The van der Waals surface area contributed by atoms with Crippen molar-refractivity contribution in [3.8, 4) is 46.7 Å². The summed E-state index contributed by atoms with van der Waals surface area (Å²) in [6.45, 7) is 4.56. The quantitative estimate of drug-likeness (QED) is 0.142. The second kappa shape index (κ2) is 19.6. The number of phenols is 1. The molecule has 11 nitrogen and oxygen atoms in total. The number of aromatic hydroxyl groups is 1. The first-order valence-electron chi connectivity index (χ1n) is 22.8. The summed E-state index contributed by atoms with van der Waals surface area (Å²) in [7, 11) is 5.08. The van der Waals surface area contributed by atoms with Gasteiger partial charge in [-0.25, -0.2) is 4.99 Å². The zero-order valence-electron chi connectivity index (χ0n) is 36.5. The highest BCUT2D eigenvalue weighted by atomic mass is 33.1. The van der Waals surface area contributed by atoms with E-state index in [-0.39, 0.29) is 66.7 Å². The maximum absolute atomic E-state index is 13.2. The topological polar surface area (TPSA) is 168 Å². The van der Waals surface area contributed by atoms with Gasteiger partial charge in [0.25, 0.3) is 0 Å². The zero-order chi connectivity index (χ0) is 43.4. The average molecular weight is 885 g/mol. The van der Waals surface area contributed by atoms with Crippen LogP contribution < -0.4 is 30.6 Å². The number of methoxy groups -OCH3 is 1. The number of aliphatic hydroxyl groups is 2. The third-order valence-electron chi connectivity index (χ3n) is 14.4. The Labute approximate surface area is 375 Å². The standard InChI is InChI=1S/C49H64N4O7S2/c1-30(2)41-27-62-61-26-39-38-25-37-32-13-16-35(55)24-34(54)15-12-31-14-17-42(56)44(58-3)36(31)10-6-9-33(23-32)43(45(37)60-46(38)57)59-29-51-49(21-7-11-40(39)52-47(50)53-41)22-8-20-48(28-49)18-4-5-19-48/h14,17,23,30,35,38-41,46,51,55-57H,4-5,8-9,12-13,15-16,18-22,24-29H2,1-3H3,(H3,50,52,53)/t35-,38-,39-,40-,41+,46+,49-/m1/s1. The van der Waals surface area contributed by atoms with Gasteiger partial charge in [-0.3, -0.25) is 10.1 Å². The Hall–Kier alpha value is -3.72. The predicted octanol–water partition coefficient (Wildman–Crippen LogP) is 6.58. The van der Waals surface area contributed by atoms with Gasteiger partial charge in [0.2, 0.25) is 6.29 Å². The molecule has 334 valence electrons. The predicted molar refractivity (Wildman–Crippen MR) is 246 cm³/mol. The number of hydrogen-bond acceptors (Lipinski definition) is 13. The highest BCUT2D eigenvalue weighted by Gasteiger charge is 2.46. The maximum Gasteiger partial charge on any atom is 0.201 e. The summed E-state index contributed by atoms with van der Waals surface area (Å²) in [4.78, 5) is 18.2. The van der Waals surface area contributed by atoms with Crippen LogP contribution in [0.25, 0.3) is 0 Å². The van der Waals surface area contributed by atoms with E-state index in [1.54, 1.807) is 33.7 Å². The van der Waals surface area contributed by atoms with E-state index in [1.165, 1.54) is 39.2 Å². The van der Waals surface area contributed by atoms with Gasteiger partial charge in [0.05, 0.1) is 30.9 Å². The van der Waals surface area contributed by atoms with Crippen LogP contribution in [-0.2, 0) is 30.5 Å². The van der Waals surface area contributed by atoms with Crippen molar-refractivity contribution in [2.24, 2.45) is 33.9 Å². The third-order valence-corrected chi connectivity index (χ3v) is 16.9. The smallest absolute Gasteiger partial charge is 0.201 e. The van der Waals surface area contributed by atoms with Crippen molar-refractivity contribution in [3.05, 3.63) is 46.0 Å². The summed E-state index contributed by atoms with van der Waals surface area (Å²) >= 11 is 0. The summed E-state index contributed by atoms with van der Waals surface area (Å²) in [5.74, 6) is 16.9. The van der Waals surface area contributed by atoms with E-state index in [9.17, 15) is 20.1 Å². The molecule has 0 amide bonds. The first-order valence-corrected chi connectivity index (χ1v) is 25.2. The lowest BCUT2D eigenvalue weighted by Crippen LogP contribution is -2.53.